The van der Waals surface area contributed by atoms with Crippen LogP contribution in [0.4, 0.5) is 5.69 Å². The monoisotopic (exact) mass is 276 g/mol. The van der Waals surface area contributed by atoms with E-state index in [1.807, 2.05) is 24.3 Å². The molecule has 1 unspecified atom stereocenters. The van der Waals surface area contributed by atoms with Crippen LogP contribution in [0.5, 0.6) is 0 Å². The third kappa shape index (κ3) is 4.06. The largest absolute Gasteiger partial charge is 0.469 e. The Bertz CT molecular complexity index is 465. The number of hydrogen-bond acceptors (Lipinski definition) is 4. The van der Waals surface area contributed by atoms with Crippen molar-refractivity contribution in [3.63, 3.8) is 0 Å². The van der Waals surface area contributed by atoms with Crippen LogP contribution in [0, 0.1) is 5.92 Å². The lowest BCUT2D eigenvalue weighted by Gasteiger charge is -2.10. The highest BCUT2D eigenvalue weighted by Gasteiger charge is 2.22. The quantitative estimate of drug-likeness (QED) is 0.796. The Labute approximate surface area is 118 Å². The molecule has 5 heteroatoms. The maximum Gasteiger partial charge on any atom is 0.305 e. The van der Waals surface area contributed by atoms with Crippen LogP contribution < -0.4 is 10.6 Å². The molecule has 0 aliphatic carbocycles. The number of rotatable bonds is 5. The van der Waals surface area contributed by atoms with Gasteiger partial charge in [0.15, 0.2) is 0 Å². The number of benzene rings is 1. The van der Waals surface area contributed by atoms with E-state index in [9.17, 15) is 9.59 Å². The van der Waals surface area contributed by atoms with Crippen molar-refractivity contribution in [3.05, 3.63) is 29.8 Å². The summed E-state index contributed by atoms with van der Waals surface area (Å²) in [6, 6.07) is 7.58. The number of esters is 1. The average molecular weight is 276 g/mol. The molecule has 0 saturated carbocycles. The Balaban J connectivity index is 1.84. The molecule has 0 bridgehead atoms. The van der Waals surface area contributed by atoms with Gasteiger partial charge < -0.3 is 15.4 Å². The second-order valence-corrected chi connectivity index (χ2v) is 4.95. The number of methoxy groups -OCH3 is 1. The van der Waals surface area contributed by atoms with Gasteiger partial charge >= 0.3 is 5.97 Å². The molecule has 1 aliphatic heterocycles. The number of hydrogen-bond donors (Lipinski definition) is 2. The van der Waals surface area contributed by atoms with Crippen LogP contribution in [0.15, 0.2) is 24.3 Å². The smallest absolute Gasteiger partial charge is 0.305 e. The van der Waals surface area contributed by atoms with Crippen molar-refractivity contribution in [2.45, 2.75) is 19.3 Å². The van der Waals surface area contributed by atoms with Crippen LogP contribution in [0.1, 0.15) is 18.4 Å². The Kier molecular flexibility index (Phi) is 5.12. The van der Waals surface area contributed by atoms with Gasteiger partial charge in [0.05, 0.1) is 13.0 Å². The minimum Gasteiger partial charge on any atom is -0.469 e. The Morgan fingerprint density at radius 3 is 2.70 bits per heavy atom. The zero-order valence-electron chi connectivity index (χ0n) is 11.6. The number of carbonyl (C=O) groups is 2. The molecule has 1 amide bonds. The van der Waals surface area contributed by atoms with Crippen LogP contribution in [-0.2, 0) is 20.7 Å². The first-order valence-electron chi connectivity index (χ1n) is 6.86. The lowest BCUT2D eigenvalue weighted by Crippen LogP contribution is -2.24. The molecule has 2 N–H and O–H groups in total. The van der Waals surface area contributed by atoms with E-state index in [1.165, 1.54) is 7.11 Å². The van der Waals surface area contributed by atoms with E-state index in [-0.39, 0.29) is 17.8 Å². The summed E-state index contributed by atoms with van der Waals surface area (Å²) in [5, 5.41) is 6.09. The standard InChI is InChI=1S/C15H20N2O3/c1-20-14(18)7-4-11-2-5-13(6-3-11)17-15(19)12-8-9-16-10-12/h2-3,5-6,12,16H,4,7-10H2,1H3,(H,17,19). The third-order valence-corrected chi connectivity index (χ3v) is 3.50. The summed E-state index contributed by atoms with van der Waals surface area (Å²) in [7, 11) is 1.39. The number of amides is 1. The zero-order chi connectivity index (χ0) is 14.4. The molecule has 2 rings (SSSR count). The van der Waals surface area contributed by atoms with Gasteiger partial charge in [-0.3, -0.25) is 9.59 Å². The molecular formula is C15H20N2O3. The second-order valence-electron chi connectivity index (χ2n) is 4.95. The van der Waals surface area contributed by atoms with Crippen molar-refractivity contribution in [2.24, 2.45) is 5.92 Å². The summed E-state index contributed by atoms with van der Waals surface area (Å²) in [6.45, 7) is 1.66. The second kappa shape index (κ2) is 7.05. The number of carbonyl (C=O) groups excluding carboxylic acids is 2. The first-order valence-corrected chi connectivity index (χ1v) is 6.86. The molecule has 108 valence electrons. The van der Waals surface area contributed by atoms with Gasteiger partial charge in [-0.1, -0.05) is 12.1 Å². The average Bonchev–Trinajstić information content (AvgIpc) is 3.00. The van der Waals surface area contributed by atoms with Gasteiger partial charge in [-0.05, 0) is 37.1 Å². The highest BCUT2D eigenvalue weighted by atomic mass is 16.5. The Hall–Kier alpha value is -1.88. The van der Waals surface area contributed by atoms with Gasteiger partial charge in [0, 0.05) is 18.7 Å². The Morgan fingerprint density at radius 1 is 1.35 bits per heavy atom. The molecule has 1 fully saturated rings. The predicted molar refractivity (Wildman–Crippen MR) is 76.4 cm³/mol. The topological polar surface area (TPSA) is 67.4 Å². The summed E-state index contributed by atoms with van der Waals surface area (Å²) in [4.78, 5) is 23.0. The van der Waals surface area contributed by atoms with Crippen molar-refractivity contribution in [2.75, 3.05) is 25.5 Å². The molecule has 0 aromatic heterocycles. The summed E-state index contributed by atoms with van der Waals surface area (Å²) >= 11 is 0. The summed E-state index contributed by atoms with van der Waals surface area (Å²) in [5.74, 6) is -0.0811. The summed E-state index contributed by atoms with van der Waals surface area (Å²) < 4.78 is 4.60. The SMILES string of the molecule is COC(=O)CCc1ccc(NC(=O)C2CCNC2)cc1. The molecule has 1 heterocycles. The van der Waals surface area contributed by atoms with Crippen LogP contribution in [0.2, 0.25) is 0 Å². The normalized spacial score (nSPS) is 17.8. The first-order chi connectivity index (χ1) is 9.69. The van der Waals surface area contributed by atoms with Gasteiger partial charge in [-0.25, -0.2) is 0 Å². The lowest BCUT2D eigenvalue weighted by molar-refractivity contribution is -0.140. The van der Waals surface area contributed by atoms with E-state index >= 15 is 0 Å². The highest BCUT2D eigenvalue weighted by Crippen LogP contribution is 2.15. The van der Waals surface area contributed by atoms with Gasteiger partial charge in [0.2, 0.25) is 5.91 Å². The third-order valence-electron chi connectivity index (χ3n) is 3.50. The van der Waals surface area contributed by atoms with Gasteiger partial charge in [0.1, 0.15) is 0 Å². The highest BCUT2D eigenvalue weighted by molar-refractivity contribution is 5.92. The Morgan fingerprint density at radius 2 is 2.10 bits per heavy atom. The lowest BCUT2D eigenvalue weighted by atomic mass is 10.1. The van der Waals surface area contributed by atoms with Crippen LogP contribution in [0.3, 0.4) is 0 Å². The fourth-order valence-electron chi connectivity index (χ4n) is 2.23. The van der Waals surface area contributed by atoms with Gasteiger partial charge in [-0.2, -0.15) is 0 Å². The fraction of sp³-hybridized carbons (Fsp3) is 0.467. The molecule has 1 aromatic carbocycles. The van der Waals surface area contributed by atoms with E-state index in [0.29, 0.717) is 12.8 Å². The van der Waals surface area contributed by atoms with E-state index < -0.39 is 0 Å². The van der Waals surface area contributed by atoms with E-state index in [0.717, 1.165) is 30.8 Å². The molecule has 0 radical (unpaired) electrons. The predicted octanol–water partition coefficient (Wildman–Crippen LogP) is 1.34. The molecule has 20 heavy (non-hydrogen) atoms. The minimum absolute atomic E-state index is 0.0639. The van der Waals surface area contributed by atoms with E-state index in [2.05, 4.69) is 15.4 Å². The number of nitrogens with one attached hydrogen (secondary N) is 2. The molecule has 1 atom stereocenters. The van der Waals surface area contributed by atoms with Crippen LogP contribution in [-0.4, -0.2) is 32.1 Å². The van der Waals surface area contributed by atoms with Crippen molar-refractivity contribution in [3.8, 4) is 0 Å². The number of anilines is 1. The zero-order valence-corrected chi connectivity index (χ0v) is 11.6. The molecule has 1 aromatic rings. The maximum absolute atomic E-state index is 11.9. The van der Waals surface area contributed by atoms with Crippen LogP contribution in [0.25, 0.3) is 0 Å². The summed E-state index contributed by atoms with van der Waals surface area (Å²) in [5.41, 5.74) is 1.85. The molecular weight excluding hydrogens is 256 g/mol. The fourth-order valence-corrected chi connectivity index (χ4v) is 2.23. The van der Waals surface area contributed by atoms with Crippen molar-refractivity contribution in [1.29, 1.82) is 0 Å². The maximum atomic E-state index is 11.9. The van der Waals surface area contributed by atoms with E-state index in [1.54, 1.807) is 0 Å². The number of ether oxygens (including phenoxy) is 1. The van der Waals surface area contributed by atoms with Gasteiger partial charge in [-0.15, -0.1) is 0 Å². The molecule has 1 aliphatic rings. The number of aryl methyl sites for hydroxylation is 1. The summed E-state index contributed by atoms with van der Waals surface area (Å²) in [6.07, 6.45) is 1.91. The van der Waals surface area contributed by atoms with Crippen molar-refractivity contribution >= 4 is 17.6 Å². The molecule has 0 spiro atoms. The molecule has 1 saturated heterocycles. The van der Waals surface area contributed by atoms with E-state index in [4.69, 9.17) is 0 Å². The van der Waals surface area contributed by atoms with Gasteiger partial charge in [0.25, 0.3) is 0 Å². The van der Waals surface area contributed by atoms with Crippen LogP contribution >= 0.6 is 0 Å². The molecule has 5 nitrogen and oxygen atoms in total. The minimum atomic E-state index is -0.212. The van der Waals surface area contributed by atoms with Crippen molar-refractivity contribution in [1.82, 2.24) is 5.32 Å². The first kappa shape index (κ1) is 14.5. The van der Waals surface area contributed by atoms with Crippen molar-refractivity contribution < 1.29 is 14.3 Å².